The molecular weight excluding hydrogens is 188 g/mol. The van der Waals surface area contributed by atoms with Gasteiger partial charge in [-0.1, -0.05) is 6.07 Å². The minimum absolute atomic E-state index is 0.185. The van der Waals surface area contributed by atoms with Crippen molar-refractivity contribution in [1.82, 2.24) is 10.3 Å². The fraction of sp³-hybridized carbons (Fsp3) is 0.583. The van der Waals surface area contributed by atoms with Crippen molar-refractivity contribution in [2.45, 2.75) is 38.8 Å². The summed E-state index contributed by atoms with van der Waals surface area (Å²) in [5.41, 5.74) is 1.10. The van der Waals surface area contributed by atoms with Gasteiger partial charge in [-0.2, -0.15) is 0 Å². The number of hydrogen-bond donors (Lipinski definition) is 1. The van der Waals surface area contributed by atoms with E-state index in [0.717, 1.165) is 18.1 Å². The van der Waals surface area contributed by atoms with Gasteiger partial charge in [-0.3, -0.25) is 0 Å². The molecule has 82 valence electrons. The van der Waals surface area contributed by atoms with E-state index in [9.17, 15) is 0 Å². The molecule has 3 heteroatoms. The second-order valence-electron chi connectivity index (χ2n) is 4.22. The molecule has 1 fully saturated rings. The predicted octanol–water partition coefficient (Wildman–Crippen LogP) is 2.29. The van der Waals surface area contributed by atoms with Crippen LogP contribution < -0.4 is 10.1 Å². The van der Waals surface area contributed by atoms with Crippen LogP contribution in [0.1, 0.15) is 38.4 Å². The molecule has 2 heterocycles. The highest BCUT2D eigenvalue weighted by atomic mass is 16.5. The summed E-state index contributed by atoms with van der Waals surface area (Å²) in [6, 6.07) is 6.41. The number of aromatic nitrogens is 1. The first kappa shape index (κ1) is 10.4. The zero-order valence-electron chi connectivity index (χ0n) is 9.36. The van der Waals surface area contributed by atoms with E-state index < -0.39 is 0 Å². The Labute approximate surface area is 90.9 Å². The van der Waals surface area contributed by atoms with E-state index in [1.165, 1.54) is 12.8 Å². The summed E-state index contributed by atoms with van der Waals surface area (Å²) in [7, 11) is 0. The van der Waals surface area contributed by atoms with Crippen molar-refractivity contribution in [3.05, 3.63) is 23.9 Å². The quantitative estimate of drug-likeness (QED) is 0.824. The van der Waals surface area contributed by atoms with Crippen molar-refractivity contribution >= 4 is 0 Å². The van der Waals surface area contributed by atoms with Gasteiger partial charge in [0.2, 0.25) is 5.88 Å². The second-order valence-corrected chi connectivity index (χ2v) is 4.22. The number of rotatable bonds is 3. The standard InChI is InChI=1S/C12H18N2O/c1-9(2)15-12-7-3-5-11(14-12)10-6-4-8-13-10/h3,5,7,9-10,13H,4,6,8H2,1-2H3. The van der Waals surface area contributed by atoms with Crippen LogP contribution in [0, 0.1) is 0 Å². The molecule has 1 N–H and O–H groups in total. The Balaban J connectivity index is 2.11. The first-order valence-corrected chi connectivity index (χ1v) is 5.62. The van der Waals surface area contributed by atoms with Crippen molar-refractivity contribution in [3.63, 3.8) is 0 Å². The van der Waals surface area contributed by atoms with E-state index in [4.69, 9.17) is 4.74 Å². The highest BCUT2D eigenvalue weighted by Crippen LogP contribution is 2.22. The van der Waals surface area contributed by atoms with Crippen molar-refractivity contribution in [2.75, 3.05) is 6.54 Å². The second kappa shape index (κ2) is 4.62. The summed E-state index contributed by atoms with van der Waals surface area (Å²) in [4.78, 5) is 4.51. The molecule has 1 atom stereocenters. The minimum Gasteiger partial charge on any atom is -0.475 e. The van der Waals surface area contributed by atoms with Gasteiger partial charge < -0.3 is 10.1 Å². The summed E-state index contributed by atoms with van der Waals surface area (Å²) < 4.78 is 5.58. The molecular formula is C12H18N2O. The van der Waals surface area contributed by atoms with Gasteiger partial charge in [0, 0.05) is 12.1 Å². The van der Waals surface area contributed by atoms with Crippen molar-refractivity contribution < 1.29 is 4.74 Å². The smallest absolute Gasteiger partial charge is 0.213 e. The third kappa shape index (κ3) is 2.69. The van der Waals surface area contributed by atoms with Crippen LogP contribution in [0.15, 0.2) is 18.2 Å². The number of nitrogens with zero attached hydrogens (tertiary/aromatic N) is 1. The number of nitrogens with one attached hydrogen (secondary N) is 1. The summed E-state index contributed by atoms with van der Waals surface area (Å²) in [5.74, 6) is 0.733. The Hall–Kier alpha value is -1.09. The molecule has 2 rings (SSSR count). The molecule has 1 aliphatic rings. The van der Waals surface area contributed by atoms with Crippen LogP contribution in [-0.4, -0.2) is 17.6 Å². The minimum atomic E-state index is 0.185. The first-order chi connectivity index (χ1) is 7.25. The van der Waals surface area contributed by atoms with Gasteiger partial charge in [-0.15, -0.1) is 0 Å². The van der Waals surface area contributed by atoms with Crippen molar-refractivity contribution in [2.24, 2.45) is 0 Å². The Kier molecular flexibility index (Phi) is 3.21. The molecule has 0 aliphatic carbocycles. The maximum atomic E-state index is 5.58. The predicted molar refractivity (Wildman–Crippen MR) is 60.0 cm³/mol. The maximum Gasteiger partial charge on any atom is 0.213 e. The lowest BCUT2D eigenvalue weighted by atomic mass is 10.1. The molecule has 0 aromatic carbocycles. The van der Waals surface area contributed by atoms with Gasteiger partial charge in [0.15, 0.2) is 0 Å². The molecule has 1 aliphatic heterocycles. The molecule has 0 bridgehead atoms. The zero-order valence-corrected chi connectivity index (χ0v) is 9.36. The summed E-state index contributed by atoms with van der Waals surface area (Å²) in [6.45, 7) is 5.13. The van der Waals surface area contributed by atoms with Crippen LogP contribution in [0.4, 0.5) is 0 Å². The zero-order chi connectivity index (χ0) is 10.7. The largest absolute Gasteiger partial charge is 0.475 e. The highest BCUT2D eigenvalue weighted by molar-refractivity contribution is 5.19. The van der Waals surface area contributed by atoms with E-state index in [1.807, 2.05) is 26.0 Å². The van der Waals surface area contributed by atoms with Gasteiger partial charge in [-0.25, -0.2) is 4.98 Å². The fourth-order valence-corrected chi connectivity index (χ4v) is 1.87. The molecule has 0 saturated carbocycles. The van der Waals surface area contributed by atoms with Crippen molar-refractivity contribution in [1.29, 1.82) is 0 Å². The summed E-state index contributed by atoms with van der Waals surface area (Å²) in [6.07, 6.45) is 2.60. The van der Waals surface area contributed by atoms with E-state index in [-0.39, 0.29) is 6.10 Å². The molecule has 1 unspecified atom stereocenters. The molecule has 3 nitrogen and oxygen atoms in total. The van der Waals surface area contributed by atoms with Crippen LogP contribution in [0.2, 0.25) is 0 Å². The van der Waals surface area contributed by atoms with E-state index in [2.05, 4.69) is 16.4 Å². The molecule has 1 aromatic rings. The van der Waals surface area contributed by atoms with Crippen molar-refractivity contribution in [3.8, 4) is 5.88 Å². The Morgan fingerprint density at radius 2 is 2.33 bits per heavy atom. The van der Waals surface area contributed by atoms with Gasteiger partial charge >= 0.3 is 0 Å². The lowest BCUT2D eigenvalue weighted by molar-refractivity contribution is 0.231. The molecule has 0 amide bonds. The topological polar surface area (TPSA) is 34.1 Å². The monoisotopic (exact) mass is 206 g/mol. The Bertz CT molecular complexity index is 319. The third-order valence-electron chi connectivity index (χ3n) is 2.52. The van der Waals surface area contributed by atoms with Gasteiger partial charge in [0.05, 0.1) is 11.8 Å². The lowest BCUT2D eigenvalue weighted by Gasteiger charge is -2.13. The van der Waals surface area contributed by atoms with Crippen LogP contribution in [0.3, 0.4) is 0 Å². The van der Waals surface area contributed by atoms with Crippen LogP contribution in [0.5, 0.6) is 5.88 Å². The average Bonchev–Trinajstić information content (AvgIpc) is 2.69. The number of pyridine rings is 1. The Morgan fingerprint density at radius 1 is 1.47 bits per heavy atom. The van der Waals surface area contributed by atoms with Gasteiger partial charge in [-0.05, 0) is 39.3 Å². The molecule has 15 heavy (non-hydrogen) atoms. The normalized spacial score (nSPS) is 20.9. The van der Waals surface area contributed by atoms with Gasteiger partial charge in [0.25, 0.3) is 0 Å². The molecule has 1 aromatic heterocycles. The Morgan fingerprint density at radius 3 is 3.00 bits per heavy atom. The van der Waals surface area contributed by atoms with E-state index in [1.54, 1.807) is 0 Å². The molecule has 1 saturated heterocycles. The summed E-state index contributed by atoms with van der Waals surface area (Å²) >= 11 is 0. The maximum absolute atomic E-state index is 5.58. The lowest BCUT2D eigenvalue weighted by Crippen LogP contribution is -2.15. The summed E-state index contributed by atoms with van der Waals surface area (Å²) in [5, 5.41) is 3.44. The molecule has 0 spiro atoms. The fourth-order valence-electron chi connectivity index (χ4n) is 1.87. The van der Waals surface area contributed by atoms with Crippen LogP contribution in [0.25, 0.3) is 0 Å². The molecule has 0 radical (unpaired) electrons. The average molecular weight is 206 g/mol. The van der Waals surface area contributed by atoms with E-state index in [0.29, 0.717) is 6.04 Å². The number of ether oxygens (including phenoxy) is 1. The SMILES string of the molecule is CC(C)Oc1cccc(C2CCCN2)n1. The highest BCUT2D eigenvalue weighted by Gasteiger charge is 2.17. The first-order valence-electron chi connectivity index (χ1n) is 5.62. The van der Waals surface area contributed by atoms with E-state index >= 15 is 0 Å². The third-order valence-corrected chi connectivity index (χ3v) is 2.52. The number of hydrogen-bond acceptors (Lipinski definition) is 3. The van der Waals surface area contributed by atoms with Crippen LogP contribution >= 0.6 is 0 Å². The van der Waals surface area contributed by atoms with Gasteiger partial charge in [0.1, 0.15) is 0 Å². The van der Waals surface area contributed by atoms with Crippen LogP contribution in [-0.2, 0) is 0 Å².